The first kappa shape index (κ1) is 23.0. The van der Waals surface area contributed by atoms with Crippen LogP contribution in [0.2, 0.25) is 0 Å². The Morgan fingerprint density at radius 1 is 1.19 bits per heavy atom. The van der Waals surface area contributed by atoms with Crippen LogP contribution in [0.4, 0.5) is 9.18 Å². The third-order valence-electron chi connectivity index (χ3n) is 6.75. The summed E-state index contributed by atoms with van der Waals surface area (Å²) in [5, 5.41) is 5.00. The molecule has 3 fully saturated rings. The van der Waals surface area contributed by atoms with Gasteiger partial charge >= 0.3 is 6.03 Å². The van der Waals surface area contributed by atoms with Gasteiger partial charge in [0, 0.05) is 6.04 Å². The van der Waals surface area contributed by atoms with E-state index in [1.165, 1.54) is 6.07 Å². The molecule has 3 N–H and O–H groups in total. The van der Waals surface area contributed by atoms with Gasteiger partial charge in [-0.1, -0.05) is 6.07 Å². The molecule has 3 amide bonds. The van der Waals surface area contributed by atoms with Crippen LogP contribution in [-0.4, -0.2) is 38.3 Å². The van der Waals surface area contributed by atoms with Crippen molar-refractivity contribution in [2.75, 3.05) is 12.4 Å². The summed E-state index contributed by atoms with van der Waals surface area (Å²) in [5.74, 6) is 0.0453. The van der Waals surface area contributed by atoms with E-state index in [1.54, 1.807) is 19.1 Å². The Hall–Kier alpha value is -2.20. The van der Waals surface area contributed by atoms with Crippen molar-refractivity contribution in [1.82, 2.24) is 15.4 Å². The van der Waals surface area contributed by atoms with E-state index < -0.39 is 33.5 Å². The Balaban J connectivity index is 1.27. The number of urea groups is 1. The number of halogens is 1. The lowest BCUT2D eigenvalue weighted by Crippen LogP contribution is -2.49. The van der Waals surface area contributed by atoms with Gasteiger partial charge in [0.15, 0.2) is 11.6 Å². The zero-order chi connectivity index (χ0) is 22.9. The second-order valence-electron chi connectivity index (χ2n) is 9.33. The molecule has 0 unspecified atom stereocenters. The Bertz CT molecular complexity index is 987. The number of carbonyl (C=O) groups is 2. The zero-order valence-electron chi connectivity index (χ0n) is 18.2. The highest BCUT2D eigenvalue weighted by molar-refractivity contribution is 7.89. The van der Waals surface area contributed by atoms with Crippen molar-refractivity contribution in [2.45, 2.75) is 63.5 Å². The molecule has 2 aliphatic carbocycles. The number of nitrogens with one attached hydrogen (secondary N) is 3. The van der Waals surface area contributed by atoms with E-state index in [-0.39, 0.29) is 23.3 Å². The van der Waals surface area contributed by atoms with Gasteiger partial charge in [-0.05, 0) is 81.4 Å². The highest BCUT2D eigenvalue weighted by Crippen LogP contribution is 2.36. The Morgan fingerprint density at radius 2 is 1.91 bits per heavy atom. The topological polar surface area (TPSA) is 114 Å². The maximum atomic E-state index is 14.0. The average molecular weight is 468 g/mol. The smallest absolute Gasteiger partial charge is 0.322 e. The number of benzene rings is 1. The molecule has 10 heteroatoms. The van der Waals surface area contributed by atoms with Crippen molar-refractivity contribution in [3.8, 4) is 5.75 Å². The van der Waals surface area contributed by atoms with Crippen LogP contribution in [0.15, 0.2) is 18.2 Å². The number of rotatable bonds is 9. The van der Waals surface area contributed by atoms with Crippen LogP contribution in [0.1, 0.15) is 63.5 Å². The highest BCUT2D eigenvalue weighted by atomic mass is 32.2. The zero-order valence-corrected chi connectivity index (χ0v) is 19.0. The molecule has 0 aromatic heterocycles. The molecule has 4 rings (SSSR count). The quantitative estimate of drug-likeness (QED) is 0.483. The lowest BCUT2D eigenvalue weighted by molar-refractivity contribution is -0.125. The van der Waals surface area contributed by atoms with Gasteiger partial charge in [-0.15, -0.1) is 0 Å². The molecule has 8 nitrogen and oxygen atoms in total. The summed E-state index contributed by atoms with van der Waals surface area (Å²) >= 11 is 0. The lowest BCUT2D eigenvalue weighted by Gasteiger charge is -2.34. The second kappa shape index (κ2) is 8.97. The fourth-order valence-corrected chi connectivity index (χ4v) is 5.89. The lowest BCUT2D eigenvalue weighted by atomic mass is 9.76. The van der Waals surface area contributed by atoms with Crippen molar-refractivity contribution in [3.63, 3.8) is 0 Å². The van der Waals surface area contributed by atoms with E-state index in [4.69, 9.17) is 4.74 Å². The van der Waals surface area contributed by atoms with Crippen LogP contribution in [-0.2, 0) is 14.8 Å². The number of hydrogen-bond acceptors (Lipinski definition) is 5. The number of imide groups is 1. The van der Waals surface area contributed by atoms with Crippen LogP contribution >= 0.6 is 0 Å². The van der Waals surface area contributed by atoms with Gasteiger partial charge in [0.2, 0.25) is 10.0 Å². The van der Waals surface area contributed by atoms with Gasteiger partial charge in [-0.3, -0.25) is 10.1 Å². The van der Waals surface area contributed by atoms with E-state index >= 15 is 0 Å². The third kappa shape index (κ3) is 5.40. The van der Waals surface area contributed by atoms with Gasteiger partial charge in [0.05, 0.1) is 12.4 Å². The summed E-state index contributed by atoms with van der Waals surface area (Å²) in [4.78, 5) is 23.5. The van der Waals surface area contributed by atoms with Crippen LogP contribution in [0.25, 0.3) is 0 Å². The third-order valence-corrected chi connectivity index (χ3v) is 8.24. The minimum Gasteiger partial charge on any atom is -0.490 e. The van der Waals surface area contributed by atoms with Crippen LogP contribution in [0, 0.1) is 17.7 Å². The fourth-order valence-electron chi connectivity index (χ4n) is 4.45. The molecule has 1 atom stereocenters. The molecular formula is C22H30FN3O5S. The minimum absolute atomic E-state index is 0.0280. The molecule has 0 radical (unpaired) electrons. The number of sulfonamides is 1. The van der Waals surface area contributed by atoms with Gasteiger partial charge < -0.3 is 10.1 Å². The second-order valence-corrected chi connectivity index (χ2v) is 11.2. The van der Waals surface area contributed by atoms with E-state index in [0.29, 0.717) is 50.2 Å². The Labute approximate surface area is 187 Å². The molecule has 176 valence electrons. The highest BCUT2D eigenvalue weighted by Gasteiger charge is 2.47. The van der Waals surface area contributed by atoms with Gasteiger partial charge in [-0.2, -0.15) is 0 Å². The SMILES string of the molecule is C[C@@H](NS(=O)(=O)CCC1CCC2(CC1)NC(=O)NC2=O)c1ccc(F)c(OCC2CC2)c1. The number of amides is 3. The van der Waals surface area contributed by atoms with E-state index in [2.05, 4.69) is 15.4 Å². The molecule has 1 aliphatic heterocycles. The van der Waals surface area contributed by atoms with Gasteiger partial charge in [-0.25, -0.2) is 22.3 Å². The first-order chi connectivity index (χ1) is 15.2. The molecule has 1 heterocycles. The van der Waals surface area contributed by atoms with Crippen molar-refractivity contribution >= 4 is 22.0 Å². The van der Waals surface area contributed by atoms with E-state index in [1.807, 2.05) is 0 Å². The van der Waals surface area contributed by atoms with Crippen LogP contribution in [0.5, 0.6) is 5.75 Å². The first-order valence-corrected chi connectivity index (χ1v) is 12.9. The molecule has 32 heavy (non-hydrogen) atoms. The van der Waals surface area contributed by atoms with Gasteiger partial charge in [0.25, 0.3) is 5.91 Å². The molecule has 1 aromatic rings. The fraction of sp³-hybridized carbons (Fsp3) is 0.636. The summed E-state index contributed by atoms with van der Waals surface area (Å²) in [6, 6.07) is 3.45. The largest absolute Gasteiger partial charge is 0.490 e. The summed E-state index contributed by atoms with van der Waals surface area (Å²) in [7, 11) is -3.55. The summed E-state index contributed by atoms with van der Waals surface area (Å²) in [6.07, 6.45) is 5.06. The Morgan fingerprint density at radius 3 is 2.53 bits per heavy atom. The predicted octanol–water partition coefficient (Wildman–Crippen LogP) is 2.75. The maximum absolute atomic E-state index is 14.0. The summed E-state index contributed by atoms with van der Waals surface area (Å²) in [6.45, 7) is 2.20. The molecule has 0 bridgehead atoms. The molecule has 1 aromatic carbocycles. The van der Waals surface area contributed by atoms with Crippen molar-refractivity contribution in [2.24, 2.45) is 11.8 Å². The van der Waals surface area contributed by atoms with Crippen molar-refractivity contribution in [3.05, 3.63) is 29.6 Å². The number of hydrogen-bond donors (Lipinski definition) is 3. The summed E-state index contributed by atoms with van der Waals surface area (Å²) < 4.78 is 47.5. The normalized spacial score (nSPS) is 26.6. The Kier molecular flexibility index (Phi) is 6.44. The van der Waals surface area contributed by atoms with E-state index in [0.717, 1.165) is 12.8 Å². The van der Waals surface area contributed by atoms with Gasteiger partial charge in [0.1, 0.15) is 5.54 Å². The average Bonchev–Trinajstić information content (AvgIpc) is 3.52. The summed E-state index contributed by atoms with van der Waals surface area (Å²) in [5.41, 5.74) is -0.190. The monoisotopic (exact) mass is 467 g/mol. The standard InChI is InChI=1S/C22H30FN3O5S/c1-14(17-4-5-18(23)19(12-17)31-13-16-2-3-16)26-32(29,30)11-8-15-6-9-22(10-7-15)20(27)24-21(28)25-22/h4-5,12,14-16,26H,2-3,6-11,13H2,1H3,(H2,24,25,27,28)/t14-,15?,22?/m1/s1. The molecular weight excluding hydrogens is 437 g/mol. The van der Waals surface area contributed by atoms with Crippen LogP contribution < -0.4 is 20.1 Å². The van der Waals surface area contributed by atoms with Crippen molar-refractivity contribution < 1.29 is 27.1 Å². The minimum atomic E-state index is -3.55. The predicted molar refractivity (Wildman–Crippen MR) is 116 cm³/mol. The first-order valence-electron chi connectivity index (χ1n) is 11.2. The number of carbonyl (C=O) groups excluding carboxylic acids is 2. The molecule has 2 saturated carbocycles. The molecule has 3 aliphatic rings. The van der Waals surface area contributed by atoms with Crippen LogP contribution in [0.3, 0.4) is 0 Å². The maximum Gasteiger partial charge on any atom is 0.322 e. The molecule has 1 spiro atoms. The molecule has 1 saturated heterocycles. The van der Waals surface area contributed by atoms with E-state index in [9.17, 15) is 22.4 Å². The number of ether oxygens (including phenoxy) is 1. The van der Waals surface area contributed by atoms with Crippen molar-refractivity contribution in [1.29, 1.82) is 0 Å².